The van der Waals surface area contributed by atoms with Crippen molar-refractivity contribution in [1.82, 2.24) is 5.32 Å². The molecule has 0 aromatic rings. The smallest absolute Gasteiger partial charge is 0.310 e. The van der Waals surface area contributed by atoms with Crippen LogP contribution in [0.4, 0.5) is 0 Å². The Morgan fingerprint density at radius 1 is 1.09 bits per heavy atom. The maximum absolute atomic E-state index is 13.0. The number of aliphatic hydroxyl groups excluding tert-OH is 1. The van der Waals surface area contributed by atoms with E-state index in [1.807, 2.05) is 0 Å². The first kappa shape index (κ1) is 15.9. The van der Waals surface area contributed by atoms with Gasteiger partial charge in [0.05, 0.1) is 12.0 Å². The highest BCUT2D eigenvalue weighted by Crippen LogP contribution is 2.57. The topological polar surface area (TPSA) is 58.6 Å². The quantitative estimate of drug-likeness (QED) is 0.784. The van der Waals surface area contributed by atoms with Crippen LogP contribution in [-0.4, -0.2) is 35.9 Å². The molecule has 4 bridgehead atoms. The van der Waals surface area contributed by atoms with Crippen LogP contribution in [0.1, 0.15) is 52.4 Å². The number of carbonyl (C=O) groups excluding carboxylic acids is 1. The number of esters is 1. The lowest BCUT2D eigenvalue weighted by atomic mass is 9.50. The molecule has 5 fully saturated rings. The average Bonchev–Trinajstić information content (AvgIpc) is 2.52. The van der Waals surface area contributed by atoms with Crippen LogP contribution in [0.2, 0.25) is 0 Å². The molecule has 2 N–H and O–H groups in total. The molecule has 1 aliphatic heterocycles. The number of rotatable bonds is 3. The minimum absolute atomic E-state index is 0.0265. The molecule has 4 aliphatic carbocycles. The number of hydrogen-bond acceptors (Lipinski definition) is 4. The SMILES string of the molecule is CC(C)(OC(=O)C1C2CC3CC(C2)C(O)C1C3)C1CCNCC1. The Labute approximate surface area is 139 Å². The fourth-order valence-electron chi connectivity index (χ4n) is 6.18. The van der Waals surface area contributed by atoms with Crippen molar-refractivity contribution >= 4 is 5.97 Å². The second-order valence-electron chi connectivity index (χ2n) is 9.06. The first-order valence-corrected chi connectivity index (χ1v) is 9.57. The minimum Gasteiger partial charge on any atom is -0.459 e. The van der Waals surface area contributed by atoms with Crippen LogP contribution in [0.25, 0.3) is 0 Å². The molecule has 5 aliphatic rings. The molecule has 0 spiro atoms. The maximum atomic E-state index is 13.0. The van der Waals surface area contributed by atoms with Gasteiger partial charge in [0.15, 0.2) is 0 Å². The number of nitrogens with one attached hydrogen (secondary N) is 1. The van der Waals surface area contributed by atoms with Gasteiger partial charge >= 0.3 is 5.97 Å². The van der Waals surface area contributed by atoms with Gasteiger partial charge in [-0.05, 0) is 89.1 Å². The highest BCUT2D eigenvalue weighted by molar-refractivity contribution is 5.74. The van der Waals surface area contributed by atoms with Gasteiger partial charge in [0.2, 0.25) is 0 Å². The van der Waals surface area contributed by atoms with Crippen LogP contribution in [0.5, 0.6) is 0 Å². The van der Waals surface area contributed by atoms with E-state index in [1.165, 1.54) is 12.8 Å². The Morgan fingerprint density at radius 3 is 2.52 bits per heavy atom. The largest absolute Gasteiger partial charge is 0.459 e. The van der Waals surface area contributed by atoms with Gasteiger partial charge in [-0.15, -0.1) is 0 Å². The molecular weight excluding hydrogens is 290 g/mol. The zero-order valence-electron chi connectivity index (χ0n) is 14.5. The third-order valence-corrected chi connectivity index (χ3v) is 7.33. The second-order valence-corrected chi connectivity index (χ2v) is 9.06. The van der Waals surface area contributed by atoms with E-state index in [-0.39, 0.29) is 23.9 Å². The Hall–Kier alpha value is -0.610. The molecule has 1 saturated heterocycles. The van der Waals surface area contributed by atoms with Gasteiger partial charge in [0, 0.05) is 5.92 Å². The summed E-state index contributed by atoms with van der Waals surface area (Å²) in [6, 6.07) is 0. The Kier molecular flexibility index (Phi) is 3.96. The fraction of sp³-hybridized carbons (Fsp3) is 0.947. The van der Waals surface area contributed by atoms with E-state index in [0.717, 1.165) is 44.7 Å². The summed E-state index contributed by atoms with van der Waals surface area (Å²) >= 11 is 0. The molecule has 6 atom stereocenters. The van der Waals surface area contributed by atoms with Gasteiger partial charge in [-0.25, -0.2) is 0 Å². The monoisotopic (exact) mass is 321 g/mol. The molecule has 0 amide bonds. The van der Waals surface area contributed by atoms with Crippen molar-refractivity contribution in [2.24, 2.45) is 35.5 Å². The van der Waals surface area contributed by atoms with Crippen LogP contribution in [-0.2, 0) is 9.53 Å². The summed E-state index contributed by atoms with van der Waals surface area (Å²) in [4.78, 5) is 13.0. The van der Waals surface area contributed by atoms with Gasteiger partial charge in [-0.2, -0.15) is 0 Å². The minimum atomic E-state index is -0.390. The van der Waals surface area contributed by atoms with Crippen LogP contribution >= 0.6 is 0 Å². The summed E-state index contributed by atoms with van der Waals surface area (Å²) in [5, 5.41) is 14.0. The number of carbonyl (C=O) groups is 1. The van der Waals surface area contributed by atoms with Gasteiger partial charge < -0.3 is 15.2 Å². The number of piperidine rings is 1. The summed E-state index contributed by atoms with van der Waals surface area (Å²) in [5.41, 5.74) is -0.390. The Morgan fingerprint density at radius 2 is 1.78 bits per heavy atom. The number of aliphatic hydroxyl groups is 1. The Balaban J connectivity index is 1.46. The van der Waals surface area contributed by atoms with Crippen molar-refractivity contribution in [2.45, 2.75) is 64.1 Å². The summed E-state index contributed by atoms with van der Waals surface area (Å²) in [7, 11) is 0. The van der Waals surface area contributed by atoms with Crippen LogP contribution in [0.3, 0.4) is 0 Å². The van der Waals surface area contributed by atoms with Crippen LogP contribution < -0.4 is 5.32 Å². The summed E-state index contributed by atoms with van der Waals surface area (Å²) in [6.45, 7) is 6.19. The van der Waals surface area contributed by atoms with E-state index < -0.39 is 5.60 Å². The maximum Gasteiger partial charge on any atom is 0.310 e. The van der Waals surface area contributed by atoms with E-state index >= 15 is 0 Å². The molecule has 4 nitrogen and oxygen atoms in total. The van der Waals surface area contributed by atoms with Crippen molar-refractivity contribution in [3.63, 3.8) is 0 Å². The van der Waals surface area contributed by atoms with Gasteiger partial charge in [0.1, 0.15) is 5.60 Å². The zero-order valence-corrected chi connectivity index (χ0v) is 14.5. The number of hydrogen-bond donors (Lipinski definition) is 2. The highest BCUT2D eigenvalue weighted by atomic mass is 16.6. The van der Waals surface area contributed by atoms with Gasteiger partial charge in [-0.1, -0.05) is 0 Å². The molecule has 0 radical (unpaired) electrons. The molecule has 0 aromatic carbocycles. The van der Waals surface area contributed by atoms with E-state index in [1.54, 1.807) is 0 Å². The zero-order chi connectivity index (χ0) is 16.2. The van der Waals surface area contributed by atoms with E-state index in [2.05, 4.69) is 19.2 Å². The van der Waals surface area contributed by atoms with Crippen molar-refractivity contribution in [3.8, 4) is 0 Å². The van der Waals surface area contributed by atoms with Crippen molar-refractivity contribution in [3.05, 3.63) is 0 Å². The third-order valence-electron chi connectivity index (χ3n) is 7.33. The molecule has 0 aromatic heterocycles. The molecule has 5 rings (SSSR count). The molecular formula is C19H31NO3. The van der Waals surface area contributed by atoms with E-state index in [0.29, 0.717) is 17.8 Å². The lowest BCUT2D eigenvalue weighted by Crippen LogP contribution is -2.57. The number of ether oxygens (including phenoxy) is 1. The average molecular weight is 321 g/mol. The van der Waals surface area contributed by atoms with Gasteiger partial charge in [0.25, 0.3) is 0 Å². The molecule has 4 heteroatoms. The van der Waals surface area contributed by atoms with Crippen LogP contribution in [0, 0.1) is 35.5 Å². The lowest BCUT2D eigenvalue weighted by molar-refractivity contribution is -0.192. The molecule has 23 heavy (non-hydrogen) atoms. The lowest BCUT2D eigenvalue weighted by Gasteiger charge is -2.56. The summed E-state index contributed by atoms with van der Waals surface area (Å²) in [6.07, 6.45) is 6.28. The molecule has 4 saturated carbocycles. The molecule has 130 valence electrons. The predicted octanol–water partition coefficient (Wildman–Crippen LogP) is 2.35. The standard InChI is InChI=1S/C19H31NO3/c1-19(2,14-3-5-20-6-4-14)23-18(22)16-12-7-11-8-13(10-12)17(21)15(16)9-11/h11-17,20-21H,3-10H2,1-2H3. The molecule has 1 heterocycles. The molecule has 6 unspecified atom stereocenters. The van der Waals surface area contributed by atoms with Gasteiger partial charge in [-0.3, -0.25) is 4.79 Å². The predicted molar refractivity (Wildman–Crippen MR) is 87.7 cm³/mol. The normalized spacial score (nSPS) is 43.6. The first-order valence-electron chi connectivity index (χ1n) is 9.57. The summed E-state index contributed by atoms with van der Waals surface area (Å²) < 4.78 is 6.07. The fourth-order valence-corrected chi connectivity index (χ4v) is 6.18. The van der Waals surface area contributed by atoms with Crippen molar-refractivity contribution < 1.29 is 14.6 Å². The van der Waals surface area contributed by atoms with Crippen molar-refractivity contribution in [1.29, 1.82) is 0 Å². The van der Waals surface area contributed by atoms with Crippen molar-refractivity contribution in [2.75, 3.05) is 13.1 Å². The first-order chi connectivity index (χ1) is 11.0. The van der Waals surface area contributed by atoms with E-state index in [9.17, 15) is 9.90 Å². The highest BCUT2D eigenvalue weighted by Gasteiger charge is 2.56. The third kappa shape index (κ3) is 2.72. The second kappa shape index (κ2) is 5.73. The van der Waals surface area contributed by atoms with Crippen LogP contribution in [0.15, 0.2) is 0 Å². The van der Waals surface area contributed by atoms with E-state index in [4.69, 9.17) is 4.74 Å². The summed E-state index contributed by atoms with van der Waals surface area (Å²) in [5.74, 6) is 2.15. The Bertz CT molecular complexity index is 471.